The van der Waals surface area contributed by atoms with Gasteiger partial charge in [0.1, 0.15) is 17.3 Å². The zero-order valence-electron chi connectivity index (χ0n) is 14.4. The predicted octanol–water partition coefficient (Wildman–Crippen LogP) is 6.19. The van der Waals surface area contributed by atoms with Gasteiger partial charge in [-0.15, -0.1) is 0 Å². The van der Waals surface area contributed by atoms with Crippen molar-refractivity contribution in [2.24, 2.45) is 4.99 Å². The van der Waals surface area contributed by atoms with Gasteiger partial charge < -0.3 is 0 Å². The molecule has 3 aromatic carbocycles. The summed E-state index contributed by atoms with van der Waals surface area (Å²) in [5.41, 5.74) is 1.94. The first-order valence-corrected chi connectivity index (χ1v) is 10.0. The van der Waals surface area contributed by atoms with E-state index in [1.54, 1.807) is 18.2 Å². The number of rotatable bonds is 3. The normalized spacial score (nSPS) is 15.2. The van der Waals surface area contributed by atoms with E-state index in [1.165, 1.54) is 17.0 Å². The average molecular weight is 500 g/mol. The molecule has 3 aromatic rings. The van der Waals surface area contributed by atoms with Gasteiger partial charge in [-0.3, -0.25) is 9.69 Å². The van der Waals surface area contributed by atoms with Gasteiger partial charge in [-0.25, -0.2) is 9.38 Å². The second kappa shape index (κ2) is 7.81. The van der Waals surface area contributed by atoms with Crippen LogP contribution in [0.25, 0.3) is 6.08 Å². The van der Waals surface area contributed by atoms with Crippen LogP contribution in [0.1, 0.15) is 11.1 Å². The predicted molar refractivity (Wildman–Crippen MR) is 117 cm³/mol. The standard InChI is InChI=1S/C22H13Br2FN2O/c23-15-7-5-8-16(13-15)27-21(17-9-2-3-10-18(17)24)26-20(22(27)28)12-14-6-1-4-11-19(14)25/h1-13H/b20-12+. The Bertz CT molecular complexity index is 1140. The van der Waals surface area contributed by atoms with Crippen LogP contribution in [-0.4, -0.2) is 11.7 Å². The lowest BCUT2D eigenvalue weighted by Crippen LogP contribution is -2.32. The number of nitrogens with zero attached hydrogens (tertiary/aromatic N) is 2. The molecule has 1 heterocycles. The molecule has 1 aliphatic heterocycles. The minimum atomic E-state index is -0.402. The van der Waals surface area contributed by atoms with Crippen LogP contribution >= 0.6 is 31.9 Å². The van der Waals surface area contributed by atoms with Crippen LogP contribution in [0.5, 0.6) is 0 Å². The van der Waals surface area contributed by atoms with E-state index in [1.807, 2.05) is 48.5 Å². The van der Waals surface area contributed by atoms with E-state index in [4.69, 9.17) is 0 Å². The molecule has 0 radical (unpaired) electrons. The third-order valence-electron chi connectivity index (χ3n) is 4.24. The summed E-state index contributed by atoms with van der Waals surface area (Å²) in [6.07, 6.45) is 1.48. The van der Waals surface area contributed by atoms with Crippen molar-refractivity contribution in [3.05, 3.63) is 104 Å². The molecule has 1 aliphatic rings. The Morgan fingerprint density at radius 2 is 1.68 bits per heavy atom. The van der Waals surface area contributed by atoms with Gasteiger partial charge in [0.15, 0.2) is 0 Å². The third-order valence-corrected chi connectivity index (χ3v) is 5.42. The molecule has 0 aliphatic carbocycles. The zero-order valence-corrected chi connectivity index (χ0v) is 17.6. The topological polar surface area (TPSA) is 32.7 Å². The lowest BCUT2D eigenvalue weighted by molar-refractivity contribution is -0.113. The molecule has 0 atom stereocenters. The lowest BCUT2D eigenvalue weighted by atomic mass is 10.1. The van der Waals surface area contributed by atoms with Crippen molar-refractivity contribution in [2.45, 2.75) is 0 Å². The Morgan fingerprint density at radius 1 is 0.929 bits per heavy atom. The number of anilines is 1. The summed E-state index contributed by atoms with van der Waals surface area (Å²) in [4.78, 5) is 19.3. The van der Waals surface area contributed by atoms with Crippen LogP contribution < -0.4 is 4.90 Å². The van der Waals surface area contributed by atoms with E-state index < -0.39 is 5.82 Å². The van der Waals surface area contributed by atoms with E-state index in [0.717, 1.165) is 14.5 Å². The molecule has 0 fully saturated rings. The molecule has 0 saturated heterocycles. The molecule has 0 aromatic heterocycles. The summed E-state index contributed by atoms with van der Waals surface area (Å²) in [5, 5.41) is 0. The van der Waals surface area contributed by atoms with Crippen LogP contribution in [0.2, 0.25) is 0 Å². The fourth-order valence-corrected chi connectivity index (χ4v) is 3.78. The van der Waals surface area contributed by atoms with Crippen LogP contribution in [0.4, 0.5) is 10.1 Å². The molecule has 1 amide bonds. The molecule has 6 heteroatoms. The minimum Gasteiger partial charge on any atom is -0.266 e. The van der Waals surface area contributed by atoms with Crippen molar-refractivity contribution in [3.63, 3.8) is 0 Å². The number of carbonyl (C=O) groups excluding carboxylic acids is 1. The van der Waals surface area contributed by atoms with Crippen LogP contribution in [-0.2, 0) is 4.79 Å². The lowest BCUT2D eigenvalue weighted by Gasteiger charge is -2.19. The van der Waals surface area contributed by atoms with Gasteiger partial charge in [0.05, 0.1) is 5.69 Å². The van der Waals surface area contributed by atoms with Crippen LogP contribution in [0, 0.1) is 5.82 Å². The van der Waals surface area contributed by atoms with E-state index in [0.29, 0.717) is 17.1 Å². The Labute approximate surface area is 178 Å². The molecule has 0 N–H and O–H groups in total. The van der Waals surface area contributed by atoms with Crippen molar-refractivity contribution in [3.8, 4) is 0 Å². The highest BCUT2D eigenvalue weighted by Crippen LogP contribution is 2.31. The molecular weight excluding hydrogens is 487 g/mol. The minimum absolute atomic E-state index is 0.177. The van der Waals surface area contributed by atoms with Crippen molar-refractivity contribution < 1.29 is 9.18 Å². The van der Waals surface area contributed by atoms with E-state index in [2.05, 4.69) is 36.9 Å². The molecule has 3 nitrogen and oxygen atoms in total. The Kier molecular flexibility index (Phi) is 5.24. The number of amidine groups is 1. The van der Waals surface area contributed by atoms with Crippen LogP contribution in [0.3, 0.4) is 0 Å². The van der Waals surface area contributed by atoms with E-state index in [9.17, 15) is 9.18 Å². The maximum absolute atomic E-state index is 14.1. The summed E-state index contributed by atoms with van der Waals surface area (Å²) in [6, 6.07) is 21.3. The number of halogens is 3. The average Bonchev–Trinajstić information content (AvgIpc) is 3.00. The van der Waals surface area contributed by atoms with Gasteiger partial charge in [0, 0.05) is 20.1 Å². The van der Waals surface area contributed by atoms with Gasteiger partial charge in [-0.05, 0) is 36.4 Å². The number of aliphatic imine (C=N–C) groups is 1. The fraction of sp³-hybridized carbons (Fsp3) is 0. The second-order valence-corrected chi connectivity index (χ2v) is 7.86. The molecular formula is C22H13Br2FN2O. The Hall–Kier alpha value is -2.57. The van der Waals surface area contributed by atoms with Gasteiger partial charge in [-0.1, -0.05) is 74.3 Å². The number of hydrogen-bond donors (Lipinski definition) is 0. The first-order chi connectivity index (χ1) is 13.5. The number of benzene rings is 3. The summed E-state index contributed by atoms with van der Waals surface area (Å²) in [5.74, 6) is -0.230. The van der Waals surface area contributed by atoms with Crippen molar-refractivity contribution in [1.82, 2.24) is 0 Å². The third kappa shape index (κ3) is 3.57. The Morgan fingerprint density at radius 3 is 2.43 bits per heavy atom. The summed E-state index contributed by atoms with van der Waals surface area (Å²) in [7, 11) is 0. The van der Waals surface area contributed by atoms with Crippen molar-refractivity contribution in [1.29, 1.82) is 0 Å². The summed E-state index contributed by atoms with van der Waals surface area (Å²) < 4.78 is 15.8. The maximum atomic E-state index is 14.1. The molecule has 0 saturated carbocycles. The van der Waals surface area contributed by atoms with Gasteiger partial charge >= 0.3 is 0 Å². The first kappa shape index (κ1) is 18.8. The quantitative estimate of drug-likeness (QED) is 0.396. The second-order valence-electron chi connectivity index (χ2n) is 6.09. The van der Waals surface area contributed by atoms with Crippen molar-refractivity contribution in [2.75, 3.05) is 4.90 Å². The monoisotopic (exact) mass is 498 g/mol. The number of hydrogen-bond acceptors (Lipinski definition) is 2. The maximum Gasteiger partial charge on any atom is 0.282 e. The smallest absolute Gasteiger partial charge is 0.266 e. The molecule has 0 spiro atoms. The molecule has 0 bridgehead atoms. The SMILES string of the molecule is O=C1/C(=C\c2ccccc2F)N=C(c2ccccc2Br)N1c1cccc(Br)c1. The molecule has 0 unspecified atom stereocenters. The van der Waals surface area contributed by atoms with E-state index >= 15 is 0 Å². The highest BCUT2D eigenvalue weighted by molar-refractivity contribution is 9.10. The molecule has 28 heavy (non-hydrogen) atoms. The Balaban J connectivity index is 1.88. The number of carbonyl (C=O) groups is 1. The molecule has 138 valence electrons. The van der Waals surface area contributed by atoms with Gasteiger partial charge in [-0.2, -0.15) is 0 Å². The highest BCUT2D eigenvalue weighted by Gasteiger charge is 2.33. The summed E-state index contributed by atoms with van der Waals surface area (Å²) >= 11 is 6.98. The van der Waals surface area contributed by atoms with E-state index in [-0.39, 0.29) is 11.6 Å². The summed E-state index contributed by atoms with van der Waals surface area (Å²) in [6.45, 7) is 0. The van der Waals surface area contributed by atoms with Crippen LogP contribution in [0.15, 0.2) is 92.4 Å². The van der Waals surface area contributed by atoms with Crippen molar-refractivity contribution >= 4 is 55.4 Å². The largest absolute Gasteiger partial charge is 0.282 e. The van der Waals surface area contributed by atoms with Gasteiger partial charge in [0.2, 0.25) is 0 Å². The molecule has 4 rings (SSSR count). The number of amides is 1. The zero-order chi connectivity index (χ0) is 19.7. The fourth-order valence-electron chi connectivity index (χ4n) is 2.93. The van der Waals surface area contributed by atoms with Gasteiger partial charge in [0.25, 0.3) is 5.91 Å². The highest BCUT2D eigenvalue weighted by atomic mass is 79.9. The first-order valence-electron chi connectivity index (χ1n) is 8.44.